The molecule has 15 heavy (non-hydrogen) atoms. The molecule has 0 spiro atoms. The summed E-state index contributed by atoms with van der Waals surface area (Å²) >= 11 is 0. The van der Waals surface area contributed by atoms with E-state index in [1.807, 2.05) is 13.8 Å². The van der Waals surface area contributed by atoms with Gasteiger partial charge in [-0.3, -0.25) is 5.10 Å². The molecule has 1 aliphatic carbocycles. The van der Waals surface area contributed by atoms with Gasteiger partial charge in [0.25, 0.3) is 0 Å². The minimum atomic E-state index is 0.539. The van der Waals surface area contributed by atoms with Gasteiger partial charge in [0.2, 0.25) is 0 Å². The van der Waals surface area contributed by atoms with Crippen molar-refractivity contribution in [1.82, 2.24) is 15.5 Å². The molecule has 0 aromatic carbocycles. The standard InChI is InChI=1S/C10H17N5/c1-6-9(7(2)15-14-6)5-12-10(11)13-8-3-4-8/h8H,3-5H2,1-2H3,(H,14,15)(H3,11,12,13). The van der Waals surface area contributed by atoms with Crippen molar-refractivity contribution in [2.45, 2.75) is 39.3 Å². The van der Waals surface area contributed by atoms with Gasteiger partial charge in [-0.25, -0.2) is 4.99 Å². The molecule has 4 N–H and O–H groups in total. The smallest absolute Gasteiger partial charge is 0.189 e. The van der Waals surface area contributed by atoms with E-state index in [9.17, 15) is 0 Å². The molecule has 5 heteroatoms. The van der Waals surface area contributed by atoms with Crippen LogP contribution in [0.1, 0.15) is 29.8 Å². The monoisotopic (exact) mass is 207 g/mol. The van der Waals surface area contributed by atoms with Gasteiger partial charge in [0.15, 0.2) is 5.96 Å². The second-order valence-electron chi connectivity index (χ2n) is 4.03. The lowest BCUT2D eigenvalue weighted by Crippen LogP contribution is -2.33. The molecule has 0 saturated heterocycles. The minimum absolute atomic E-state index is 0.539. The molecule has 0 radical (unpaired) electrons. The van der Waals surface area contributed by atoms with Crippen molar-refractivity contribution >= 4 is 5.96 Å². The fourth-order valence-corrected chi connectivity index (χ4v) is 1.45. The summed E-state index contributed by atoms with van der Waals surface area (Å²) in [5.74, 6) is 0.539. The lowest BCUT2D eigenvalue weighted by atomic mass is 10.2. The molecular formula is C10H17N5. The SMILES string of the molecule is Cc1n[nH]c(C)c1CN=C(N)NC1CC1. The Labute approximate surface area is 89.2 Å². The zero-order valence-corrected chi connectivity index (χ0v) is 9.17. The zero-order chi connectivity index (χ0) is 10.8. The largest absolute Gasteiger partial charge is 0.370 e. The molecule has 5 nitrogen and oxygen atoms in total. The highest BCUT2D eigenvalue weighted by Crippen LogP contribution is 2.18. The molecule has 1 saturated carbocycles. The molecule has 1 heterocycles. The first-order chi connectivity index (χ1) is 7.16. The Morgan fingerprint density at radius 1 is 1.60 bits per heavy atom. The van der Waals surface area contributed by atoms with Crippen molar-refractivity contribution in [2.75, 3.05) is 0 Å². The lowest BCUT2D eigenvalue weighted by molar-refractivity contribution is 0.876. The van der Waals surface area contributed by atoms with E-state index in [0.29, 0.717) is 18.5 Å². The second kappa shape index (κ2) is 3.92. The maximum Gasteiger partial charge on any atom is 0.189 e. The maximum atomic E-state index is 5.74. The zero-order valence-electron chi connectivity index (χ0n) is 9.17. The van der Waals surface area contributed by atoms with Gasteiger partial charge in [-0.05, 0) is 26.7 Å². The first-order valence-corrected chi connectivity index (χ1v) is 5.23. The summed E-state index contributed by atoms with van der Waals surface area (Å²) in [4.78, 5) is 4.29. The molecule has 1 aromatic heterocycles. The molecule has 0 bridgehead atoms. The van der Waals surface area contributed by atoms with E-state index in [1.165, 1.54) is 12.8 Å². The van der Waals surface area contributed by atoms with Gasteiger partial charge in [-0.2, -0.15) is 5.10 Å². The third-order valence-corrected chi connectivity index (χ3v) is 2.62. The fraction of sp³-hybridized carbons (Fsp3) is 0.600. The lowest BCUT2D eigenvalue weighted by Gasteiger charge is -2.02. The molecule has 1 aliphatic rings. The van der Waals surface area contributed by atoms with Crippen LogP contribution in [0, 0.1) is 13.8 Å². The van der Waals surface area contributed by atoms with Crippen LogP contribution in [0.15, 0.2) is 4.99 Å². The number of rotatable bonds is 3. The Bertz CT molecular complexity index is 356. The summed E-state index contributed by atoms with van der Waals surface area (Å²) in [6, 6.07) is 0.556. The third-order valence-electron chi connectivity index (χ3n) is 2.62. The van der Waals surface area contributed by atoms with Crippen LogP contribution in [-0.4, -0.2) is 22.2 Å². The van der Waals surface area contributed by atoms with Gasteiger partial charge in [-0.1, -0.05) is 0 Å². The van der Waals surface area contributed by atoms with Crippen LogP contribution < -0.4 is 11.1 Å². The Kier molecular flexibility index (Phi) is 2.62. The van der Waals surface area contributed by atoms with Crippen LogP contribution in [0.3, 0.4) is 0 Å². The van der Waals surface area contributed by atoms with Crippen LogP contribution in [0.25, 0.3) is 0 Å². The number of nitrogens with two attached hydrogens (primary N) is 1. The summed E-state index contributed by atoms with van der Waals surface area (Å²) in [6.45, 7) is 4.56. The summed E-state index contributed by atoms with van der Waals surface area (Å²) in [5, 5.41) is 10.2. The molecule has 0 unspecified atom stereocenters. The topological polar surface area (TPSA) is 79.1 Å². The van der Waals surface area contributed by atoms with E-state index in [0.717, 1.165) is 17.0 Å². The number of nitrogens with one attached hydrogen (secondary N) is 2. The predicted molar refractivity (Wildman–Crippen MR) is 59.5 cm³/mol. The number of guanidine groups is 1. The molecule has 1 aromatic rings. The van der Waals surface area contributed by atoms with Crippen LogP contribution in [-0.2, 0) is 6.54 Å². The van der Waals surface area contributed by atoms with Gasteiger partial charge in [0, 0.05) is 17.3 Å². The first kappa shape index (κ1) is 10.0. The number of hydrogen-bond donors (Lipinski definition) is 3. The van der Waals surface area contributed by atoms with Crippen LogP contribution in [0.4, 0.5) is 0 Å². The number of aryl methyl sites for hydroxylation is 2. The highest BCUT2D eigenvalue weighted by molar-refractivity contribution is 5.78. The van der Waals surface area contributed by atoms with E-state index < -0.39 is 0 Å². The first-order valence-electron chi connectivity index (χ1n) is 5.23. The summed E-state index contributed by atoms with van der Waals surface area (Å²) in [6.07, 6.45) is 2.42. The van der Waals surface area contributed by atoms with E-state index in [2.05, 4.69) is 20.5 Å². The van der Waals surface area contributed by atoms with Crippen molar-refractivity contribution < 1.29 is 0 Å². The van der Waals surface area contributed by atoms with Crippen molar-refractivity contribution in [3.05, 3.63) is 17.0 Å². The quantitative estimate of drug-likeness (QED) is 0.501. The molecule has 0 aliphatic heterocycles. The van der Waals surface area contributed by atoms with Gasteiger partial charge < -0.3 is 11.1 Å². The second-order valence-corrected chi connectivity index (χ2v) is 4.03. The Morgan fingerprint density at radius 3 is 2.87 bits per heavy atom. The minimum Gasteiger partial charge on any atom is -0.370 e. The Hall–Kier alpha value is -1.52. The number of nitrogens with zero attached hydrogens (tertiary/aromatic N) is 2. The number of aliphatic imine (C=N–C) groups is 1. The van der Waals surface area contributed by atoms with E-state index in [4.69, 9.17) is 5.73 Å². The molecule has 1 fully saturated rings. The van der Waals surface area contributed by atoms with E-state index in [1.54, 1.807) is 0 Å². The van der Waals surface area contributed by atoms with Crippen LogP contribution in [0.5, 0.6) is 0 Å². The van der Waals surface area contributed by atoms with Crippen molar-refractivity contribution in [2.24, 2.45) is 10.7 Å². The normalized spacial score (nSPS) is 16.8. The molecular weight excluding hydrogens is 190 g/mol. The van der Waals surface area contributed by atoms with Gasteiger partial charge in [0.05, 0.1) is 12.2 Å². The van der Waals surface area contributed by atoms with Crippen LogP contribution >= 0.6 is 0 Å². The number of aromatic amines is 1. The third kappa shape index (κ3) is 2.49. The van der Waals surface area contributed by atoms with Gasteiger partial charge in [-0.15, -0.1) is 0 Å². The summed E-state index contributed by atoms with van der Waals surface area (Å²) in [5.41, 5.74) is 8.94. The molecule has 2 rings (SSSR count). The van der Waals surface area contributed by atoms with E-state index >= 15 is 0 Å². The highest BCUT2D eigenvalue weighted by Gasteiger charge is 2.21. The van der Waals surface area contributed by atoms with Crippen molar-refractivity contribution in [1.29, 1.82) is 0 Å². The fourth-order valence-electron chi connectivity index (χ4n) is 1.45. The molecule has 0 atom stereocenters. The van der Waals surface area contributed by atoms with Gasteiger partial charge in [0.1, 0.15) is 0 Å². The molecule has 0 amide bonds. The van der Waals surface area contributed by atoms with Crippen molar-refractivity contribution in [3.63, 3.8) is 0 Å². The number of H-pyrrole nitrogens is 1. The summed E-state index contributed by atoms with van der Waals surface area (Å²) in [7, 11) is 0. The maximum absolute atomic E-state index is 5.74. The number of aromatic nitrogens is 2. The Balaban J connectivity index is 1.96. The van der Waals surface area contributed by atoms with Crippen molar-refractivity contribution in [3.8, 4) is 0 Å². The average Bonchev–Trinajstić information content (AvgIpc) is 2.93. The highest BCUT2D eigenvalue weighted by atomic mass is 15.1. The summed E-state index contributed by atoms with van der Waals surface area (Å²) < 4.78 is 0. The molecule has 82 valence electrons. The average molecular weight is 207 g/mol. The van der Waals surface area contributed by atoms with Gasteiger partial charge >= 0.3 is 0 Å². The van der Waals surface area contributed by atoms with Crippen LogP contribution in [0.2, 0.25) is 0 Å². The number of hydrogen-bond acceptors (Lipinski definition) is 2. The van der Waals surface area contributed by atoms with E-state index in [-0.39, 0.29) is 0 Å². The predicted octanol–water partition coefficient (Wildman–Crippen LogP) is 0.593. The Morgan fingerprint density at radius 2 is 2.33 bits per heavy atom.